The zero-order chi connectivity index (χ0) is 9.97. The Bertz CT molecular complexity index is 329. The van der Waals surface area contributed by atoms with Gasteiger partial charge < -0.3 is 14.8 Å². The van der Waals surface area contributed by atoms with E-state index in [4.69, 9.17) is 9.47 Å². The smallest absolute Gasteiger partial charge is 0.237 e. The number of rotatable bonds is 3. The summed E-state index contributed by atoms with van der Waals surface area (Å²) in [6.45, 7) is 1.49. The molecule has 0 atom stereocenters. The SMILES string of the molecule is COc1ncc(Br)cc1NC1COC1. The third kappa shape index (κ3) is 1.99. The minimum atomic E-state index is 0.375. The third-order valence-corrected chi connectivity index (χ3v) is 2.44. The van der Waals surface area contributed by atoms with Crippen molar-refractivity contribution in [2.24, 2.45) is 0 Å². The first-order valence-corrected chi connectivity index (χ1v) is 5.12. The molecule has 2 heterocycles. The first-order valence-electron chi connectivity index (χ1n) is 4.33. The predicted molar refractivity (Wildman–Crippen MR) is 56.7 cm³/mol. The van der Waals surface area contributed by atoms with Gasteiger partial charge in [0, 0.05) is 10.7 Å². The summed E-state index contributed by atoms with van der Waals surface area (Å²) in [6, 6.07) is 2.32. The highest BCUT2D eigenvalue weighted by atomic mass is 79.9. The summed E-state index contributed by atoms with van der Waals surface area (Å²) in [6.07, 6.45) is 1.71. The molecule has 1 saturated heterocycles. The summed E-state index contributed by atoms with van der Waals surface area (Å²) >= 11 is 3.37. The van der Waals surface area contributed by atoms with E-state index in [1.807, 2.05) is 6.07 Å². The van der Waals surface area contributed by atoms with Crippen LogP contribution in [0.3, 0.4) is 0 Å². The topological polar surface area (TPSA) is 43.4 Å². The number of nitrogens with zero attached hydrogens (tertiary/aromatic N) is 1. The van der Waals surface area contributed by atoms with Crippen LogP contribution < -0.4 is 10.1 Å². The van der Waals surface area contributed by atoms with Gasteiger partial charge in [0.1, 0.15) is 0 Å². The van der Waals surface area contributed by atoms with Crippen LogP contribution in [0.1, 0.15) is 0 Å². The van der Waals surface area contributed by atoms with E-state index in [0.717, 1.165) is 23.4 Å². The number of hydrogen-bond donors (Lipinski definition) is 1. The minimum Gasteiger partial charge on any atom is -0.480 e. The molecule has 76 valence electrons. The molecule has 1 N–H and O–H groups in total. The molecule has 0 radical (unpaired) electrons. The Hall–Kier alpha value is -0.810. The lowest BCUT2D eigenvalue weighted by molar-refractivity contribution is 0.0210. The van der Waals surface area contributed by atoms with Gasteiger partial charge in [-0.05, 0) is 22.0 Å². The number of pyridine rings is 1. The van der Waals surface area contributed by atoms with Crippen molar-refractivity contribution in [1.29, 1.82) is 0 Å². The van der Waals surface area contributed by atoms with Gasteiger partial charge >= 0.3 is 0 Å². The van der Waals surface area contributed by atoms with E-state index in [-0.39, 0.29) is 0 Å². The summed E-state index contributed by atoms with van der Waals surface area (Å²) in [5.74, 6) is 0.611. The Balaban J connectivity index is 2.15. The van der Waals surface area contributed by atoms with Gasteiger partial charge in [-0.1, -0.05) is 0 Å². The second-order valence-electron chi connectivity index (χ2n) is 3.09. The quantitative estimate of drug-likeness (QED) is 0.896. The number of nitrogens with one attached hydrogen (secondary N) is 1. The van der Waals surface area contributed by atoms with Crippen molar-refractivity contribution in [1.82, 2.24) is 4.98 Å². The molecular formula is C9H11BrN2O2. The molecule has 4 nitrogen and oxygen atoms in total. The average Bonchev–Trinajstić information content (AvgIpc) is 2.12. The van der Waals surface area contributed by atoms with Crippen molar-refractivity contribution >= 4 is 21.6 Å². The van der Waals surface area contributed by atoms with Gasteiger partial charge in [-0.15, -0.1) is 0 Å². The lowest BCUT2D eigenvalue weighted by Crippen LogP contribution is -2.40. The van der Waals surface area contributed by atoms with E-state index in [1.165, 1.54) is 0 Å². The fourth-order valence-corrected chi connectivity index (χ4v) is 1.56. The van der Waals surface area contributed by atoms with Crippen molar-refractivity contribution in [3.8, 4) is 5.88 Å². The molecule has 1 aromatic rings. The number of methoxy groups -OCH3 is 1. The summed E-state index contributed by atoms with van der Waals surface area (Å²) in [7, 11) is 1.61. The molecule has 14 heavy (non-hydrogen) atoms. The molecule has 1 aromatic heterocycles. The van der Waals surface area contributed by atoms with Crippen molar-refractivity contribution in [2.75, 3.05) is 25.6 Å². The normalized spacial score (nSPS) is 16.1. The Morgan fingerprint density at radius 3 is 3.00 bits per heavy atom. The highest BCUT2D eigenvalue weighted by molar-refractivity contribution is 9.10. The monoisotopic (exact) mass is 258 g/mol. The van der Waals surface area contributed by atoms with Gasteiger partial charge in [0.05, 0.1) is 32.1 Å². The summed E-state index contributed by atoms with van der Waals surface area (Å²) in [4.78, 5) is 4.14. The van der Waals surface area contributed by atoms with Crippen LogP contribution in [0.4, 0.5) is 5.69 Å². The molecule has 1 aliphatic heterocycles. The number of anilines is 1. The highest BCUT2D eigenvalue weighted by Gasteiger charge is 2.19. The first-order chi connectivity index (χ1) is 6.79. The maximum absolute atomic E-state index is 5.13. The van der Waals surface area contributed by atoms with Gasteiger partial charge in [0.25, 0.3) is 0 Å². The van der Waals surface area contributed by atoms with Crippen molar-refractivity contribution in [3.05, 3.63) is 16.7 Å². The van der Waals surface area contributed by atoms with Crippen LogP contribution in [0.25, 0.3) is 0 Å². The Kier molecular flexibility index (Phi) is 2.88. The first kappa shape index (κ1) is 9.73. The molecule has 1 fully saturated rings. The van der Waals surface area contributed by atoms with Crippen LogP contribution in [0.2, 0.25) is 0 Å². The van der Waals surface area contributed by atoms with Gasteiger partial charge in [0.2, 0.25) is 5.88 Å². The summed E-state index contributed by atoms with van der Waals surface area (Å²) in [5.41, 5.74) is 0.898. The molecular weight excluding hydrogens is 248 g/mol. The molecule has 0 amide bonds. The van der Waals surface area contributed by atoms with Gasteiger partial charge in [-0.3, -0.25) is 0 Å². The van der Waals surface area contributed by atoms with Crippen molar-refractivity contribution in [3.63, 3.8) is 0 Å². The second-order valence-corrected chi connectivity index (χ2v) is 4.00. The Morgan fingerprint density at radius 1 is 1.64 bits per heavy atom. The molecule has 0 aliphatic carbocycles. The van der Waals surface area contributed by atoms with Crippen molar-refractivity contribution in [2.45, 2.75) is 6.04 Å². The van der Waals surface area contributed by atoms with E-state index in [9.17, 15) is 0 Å². The van der Waals surface area contributed by atoms with E-state index in [2.05, 4.69) is 26.2 Å². The maximum atomic E-state index is 5.13. The van der Waals surface area contributed by atoms with E-state index in [0.29, 0.717) is 11.9 Å². The summed E-state index contributed by atoms with van der Waals surface area (Å²) < 4.78 is 11.1. The molecule has 0 saturated carbocycles. The van der Waals surface area contributed by atoms with Crippen LogP contribution in [-0.2, 0) is 4.74 Å². The lowest BCUT2D eigenvalue weighted by Gasteiger charge is -2.28. The van der Waals surface area contributed by atoms with Crippen molar-refractivity contribution < 1.29 is 9.47 Å². The molecule has 0 spiro atoms. The standard InChI is InChI=1S/C9H11BrN2O2/c1-13-9-8(2-6(10)3-11-9)12-7-4-14-5-7/h2-3,7,12H,4-5H2,1H3. The Labute approximate surface area is 90.7 Å². The zero-order valence-corrected chi connectivity index (χ0v) is 9.37. The second kappa shape index (κ2) is 4.14. The predicted octanol–water partition coefficient (Wildman–Crippen LogP) is 1.66. The number of halogens is 1. The highest BCUT2D eigenvalue weighted by Crippen LogP contribution is 2.26. The molecule has 5 heteroatoms. The van der Waals surface area contributed by atoms with E-state index in [1.54, 1.807) is 13.3 Å². The third-order valence-electron chi connectivity index (χ3n) is 2.01. The van der Waals surface area contributed by atoms with Gasteiger partial charge in [0.15, 0.2) is 0 Å². The number of hydrogen-bond acceptors (Lipinski definition) is 4. The minimum absolute atomic E-state index is 0.375. The fraction of sp³-hybridized carbons (Fsp3) is 0.444. The van der Waals surface area contributed by atoms with Crippen LogP contribution in [0.5, 0.6) is 5.88 Å². The van der Waals surface area contributed by atoms with Crippen LogP contribution in [0.15, 0.2) is 16.7 Å². The van der Waals surface area contributed by atoms with Crippen LogP contribution in [0, 0.1) is 0 Å². The number of aromatic nitrogens is 1. The van der Waals surface area contributed by atoms with Crippen LogP contribution in [-0.4, -0.2) is 31.3 Å². The summed E-state index contributed by atoms with van der Waals surface area (Å²) in [5, 5.41) is 3.30. The fourth-order valence-electron chi connectivity index (χ4n) is 1.23. The van der Waals surface area contributed by atoms with Crippen LogP contribution >= 0.6 is 15.9 Å². The largest absolute Gasteiger partial charge is 0.480 e. The Morgan fingerprint density at radius 2 is 2.43 bits per heavy atom. The maximum Gasteiger partial charge on any atom is 0.237 e. The van der Waals surface area contributed by atoms with Gasteiger partial charge in [-0.25, -0.2) is 4.98 Å². The number of ether oxygens (including phenoxy) is 2. The lowest BCUT2D eigenvalue weighted by atomic mass is 10.2. The zero-order valence-electron chi connectivity index (χ0n) is 7.79. The van der Waals surface area contributed by atoms with Gasteiger partial charge in [-0.2, -0.15) is 0 Å². The molecule has 1 aliphatic rings. The van der Waals surface area contributed by atoms with E-state index < -0.39 is 0 Å². The molecule has 2 rings (SSSR count). The molecule has 0 unspecified atom stereocenters. The van der Waals surface area contributed by atoms with E-state index >= 15 is 0 Å². The molecule has 0 aromatic carbocycles. The molecule has 0 bridgehead atoms. The average molecular weight is 259 g/mol.